The van der Waals surface area contributed by atoms with Crippen LogP contribution in [0.5, 0.6) is 0 Å². The van der Waals surface area contributed by atoms with E-state index in [0.717, 1.165) is 5.56 Å². The fourth-order valence-corrected chi connectivity index (χ4v) is 3.64. The first-order valence-electron chi connectivity index (χ1n) is 9.19. The van der Waals surface area contributed by atoms with E-state index in [1.807, 2.05) is 34.9 Å². The Labute approximate surface area is 167 Å². The molecule has 0 aliphatic carbocycles. The Morgan fingerprint density at radius 2 is 1.86 bits per heavy atom. The molecule has 0 saturated heterocycles. The van der Waals surface area contributed by atoms with Crippen molar-refractivity contribution in [2.24, 2.45) is 0 Å². The molecule has 0 spiro atoms. The molecule has 0 radical (unpaired) electrons. The lowest BCUT2D eigenvalue weighted by Crippen LogP contribution is -2.06. The summed E-state index contributed by atoms with van der Waals surface area (Å²) in [4.78, 5) is 11.5. The second kappa shape index (κ2) is 10.0. The Balaban J connectivity index is 1.79. The number of benzene rings is 2. The summed E-state index contributed by atoms with van der Waals surface area (Å²) in [5.74, 6) is 0.669. The highest BCUT2D eigenvalue weighted by Gasteiger charge is 2.17. The van der Waals surface area contributed by atoms with E-state index >= 15 is 0 Å². The SMILES string of the molecule is CCOC(=O)CCCSc1nnc(-c2ccccc2F)n1Cc1ccccc1. The number of aromatic nitrogens is 3. The van der Waals surface area contributed by atoms with Gasteiger partial charge in [-0.3, -0.25) is 9.36 Å². The predicted octanol–water partition coefficient (Wildman–Crippen LogP) is 4.57. The molecule has 1 heterocycles. The van der Waals surface area contributed by atoms with Crippen molar-refractivity contribution in [3.05, 3.63) is 66.0 Å². The van der Waals surface area contributed by atoms with Gasteiger partial charge in [0.15, 0.2) is 11.0 Å². The Bertz CT molecular complexity index is 915. The maximum Gasteiger partial charge on any atom is 0.305 e. The van der Waals surface area contributed by atoms with Gasteiger partial charge in [0.2, 0.25) is 0 Å². The standard InChI is InChI=1S/C21H22FN3O2S/c1-2-27-19(26)13-8-14-28-21-24-23-20(17-11-6-7-12-18(17)22)25(21)15-16-9-4-3-5-10-16/h3-7,9-12H,2,8,13-15H2,1H3. The number of rotatable bonds is 9. The molecule has 146 valence electrons. The molecule has 0 aliphatic rings. The van der Waals surface area contributed by atoms with Gasteiger partial charge < -0.3 is 4.74 Å². The van der Waals surface area contributed by atoms with Crippen LogP contribution in [-0.2, 0) is 16.1 Å². The van der Waals surface area contributed by atoms with Crippen LogP contribution in [0.1, 0.15) is 25.3 Å². The molecule has 7 heteroatoms. The van der Waals surface area contributed by atoms with Crippen LogP contribution in [-0.4, -0.2) is 33.1 Å². The highest BCUT2D eigenvalue weighted by Crippen LogP contribution is 2.27. The number of thioether (sulfide) groups is 1. The topological polar surface area (TPSA) is 57.0 Å². The summed E-state index contributed by atoms with van der Waals surface area (Å²) in [7, 11) is 0. The maximum atomic E-state index is 14.3. The van der Waals surface area contributed by atoms with Crippen molar-refractivity contribution in [3.8, 4) is 11.4 Å². The van der Waals surface area contributed by atoms with Crippen LogP contribution < -0.4 is 0 Å². The highest BCUT2D eigenvalue weighted by atomic mass is 32.2. The van der Waals surface area contributed by atoms with Gasteiger partial charge in [-0.2, -0.15) is 0 Å². The number of ether oxygens (including phenoxy) is 1. The van der Waals surface area contributed by atoms with E-state index in [-0.39, 0.29) is 11.8 Å². The summed E-state index contributed by atoms with van der Waals surface area (Å²) >= 11 is 1.51. The highest BCUT2D eigenvalue weighted by molar-refractivity contribution is 7.99. The van der Waals surface area contributed by atoms with E-state index < -0.39 is 0 Å². The van der Waals surface area contributed by atoms with Crippen LogP contribution in [0, 0.1) is 5.82 Å². The van der Waals surface area contributed by atoms with Crippen LogP contribution in [0.4, 0.5) is 4.39 Å². The van der Waals surface area contributed by atoms with Gasteiger partial charge in [0.05, 0.1) is 18.7 Å². The van der Waals surface area contributed by atoms with Crippen molar-refractivity contribution >= 4 is 17.7 Å². The van der Waals surface area contributed by atoms with Crippen LogP contribution in [0.25, 0.3) is 11.4 Å². The first-order chi connectivity index (χ1) is 13.7. The quantitative estimate of drug-likeness (QED) is 0.300. The van der Waals surface area contributed by atoms with Crippen molar-refractivity contribution < 1.29 is 13.9 Å². The number of nitrogens with zero attached hydrogens (tertiary/aromatic N) is 3. The minimum atomic E-state index is -0.330. The minimum absolute atomic E-state index is 0.194. The minimum Gasteiger partial charge on any atom is -0.466 e. The van der Waals surface area contributed by atoms with E-state index in [0.29, 0.717) is 48.3 Å². The summed E-state index contributed by atoms with van der Waals surface area (Å²) in [5.41, 5.74) is 1.50. The summed E-state index contributed by atoms with van der Waals surface area (Å²) in [6, 6.07) is 16.5. The maximum absolute atomic E-state index is 14.3. The van der Waals surface area contributed by atoms with Crippen molar-refractivity contribution in [2.45, 2.75) is 31.5 Å². The van der Waals surface area contributed by atoms with Crippen molar-refractivity contribution in [2.75, 3.05) is 12.4 Å². The molecule has 3 rings (SSSR count). The van der Waals surface area contributed by atoms with E-state index in [2.05, 4.69) is 10.2 Å². The smallest absolute Gasteiger partial charge is 0.305 e. The molecule has 0 aliphatic heterocycles. The first kappa shape index (κ1) is 20.1. The van der Waals surface area contributed by atoms with Crippen molar-refractivity contribution in [1.82, 2.24) is 14.8 Å². The fourth-order valence-electron chi connectivity index (χ4n) is 2.76. The molecule has 3 aromatic rings. The molecule has 5 nitrogen and oxygen atoms in total. The van der Waals surface area contributed by atoms with Crippen LogP contribution in [0.15, 0.2) is 59.8 Å². The van der Waals surface area contributed by atoms with Crippen molar-refractivity contribution in [1.29, 1.82) is 0 Å². The molecule has 0 bridgehead atoms. The molecule has 28 heavy (non-hydrogen) atoms. The molecule has 1 aromatic heterocycles. The molecular weight excluding hydrogens is 377 g/mol. The summed E-state index contributed by atoms with van der Waals surface area (Å²) in [6.45, 7) is 2.73. The lowest BCUT2D eigenvalue weighted by Gasteiger charge is -2.11. The van der Waals surface area contributed by atoms with Gasteiger partial charge in [-0.1, -0.05) is 54.2 Å². The molecule has 0 fully saturated rings. The second-order valence-electron chi connectivity index (χ2n) is 6.11. The number of hydrogen-bond acceptors (Lipinski definition) is 5. The van der Waals surface area contributed by atoms with E-state index in [1.165, 1.54) is 17.8 Å². The number of halogens is 1. The first-order valence-corrected chi connectivity index (χ1v) is 10.2. The van der Waals surface area contributed by atoms with Gasteiger partial charge in [0, 0.05) is 12.2 Å². The summed E-state index contributed by atoms with van der Waals surface area (Å²) < 4.78 is 21.2. The van der Waals surface area contributed by atoms with E-state index in [4.69, 9.17) is 4.74 Å². The zero-order valence-electron chi connectivity index (χ0n) is 15.7. The van der Waals surface area contributed by atoms with Crippen LogP contribution >= 0.6 is 11.8 Å². The molecule has 0 amide bonds. The van der Waals surface area contributed by atoms with E-state index in [9.17, 15) is 9.18 Å². The zero-order valence-corrected chi connectivity index (χ0v) is 16.5. The van der Waals surface area contributed by atoms with Crippen LogP contribution in [0.3, 0.4) is 0 Å². The van der Waals surface area contributed by atoms with E-state index in [1.54, 1.807) is 25.1 Å². The monoisotopic (exact) mass is 399 g/mol. The van der Waals surface area contributed by atoms with Gasteiger partial charge in [-0.05, 0) is 31.0 Å². The van der Waals surface area contributed by atoms with Gasteiger partial charge in [-0.15, -0.1) is 10.2 Å². The predicted molar refractivity (Wildman–Crippen MR) is 108 cm³/mol. The largest absolute Gasteiger partial charge is 0.466 e. The Morgan fingerprint density at radius 3 is 2.61 bits per heavy atom. The third-order valence-electron chi connectivity index (χ3n) is 4.08. The normalized spacial score (nSPS) is 10.8. The Kier molecular flexibility index (Phi) is 7.19. The average Bonchev–Trinajstić information content (AvgIpc) is 3.09. The Hall–Kier alpha value is -2.67. The third kappa shape index (κ3) is 5.19. The number of carbonyl (C=O) groups is 1. The average molecular weight is 399 g/mol. The molecule has 0 unspecified atom stereocenters. The molecule has 0 N–H and O–H groups in total. The summed E-state index contributed by atoms with van der Waals surface area (Å²) in [5, 5.41) is 9.22. The summed E-state index contributed by atoms with van der Waals surface area (Å²) in [6.07, 6.45) is 1.05. The number of carbonyl (C=O) groups excluding carboxylic acids is 1. The number of esters is 1. The Morgan fingerprint density at radius 1 is 1.11 bits per heavy atom. The van der Waals surface area contributed by atoms with Gasteiger partial charge in [-0.25, -0.2) is 4.39 Å². The van der Waals surface area contributed by atoms with Gasteiger partial charge >= 0.3 is 5.97 Å². The van der Waals surface area contributed by atoms with Gasteiger partial charge in [0.25, 0.3) is 0 Å². The third-order valence-corrected chi connectivity index (χ3v) is 5.13. The van der Waals surface area contributed by atoms with Gasteiger partial charge in [0.1, 0.15) is 5.82 Å². The van der Waals surface area contributed by atoms with Crippen molar-refractivity contribution in [3.63, 3.8) is 0 Å². The van der Waals surface area contributed by atoms with Crippen LogP contribution in [0.2, 0.25) is 0 Å². The molecular formula is C21H22FN3O2S. The lowest BCUT2D eigenvalue weighted by atomic mass is 10.2. The fraction of sp³-hybridized carbons (Fsp3) is 0.286. The second-order valence-corrected chi connectivity index (χ2v) is 7.18. The number of hydrogen-bond donors (Lipinski definition) is 0. The zero-order chi connectivity index (χ0) is 19.8. The molecule has 0 saturated carbocycles. The molecule has 2 aromatic carbocycles. The lowest BCUT2D eigenvalue weighted by molar-refractivity contribution is -0.143. The molecule has 0 atom stereocenters.